The van der Waals surface area contributed by atoms with Gasteiger partial charge >= 0.3 is 0 Å². The molecular weight excluding hydrogens is 200 g/mol. The van der Waals surface area contributed by atoms with Crippen molar-refractivity contribution in [2.24, 2.45) is 4.99 Å². The molecule has 0 aromatic heterocycles. The van der Waals surface area contributed by atoms with E-state index in [0.717, 1.165) is 18.5 Å². The first-order valence-electron chi connectivity index (χ1n) is 5.98. The summed E-state index contributed by atoms with van der Waals surface area (Å²) < 4.78 is 0. The highest BCUT2D eigenvalue weighted by Crippen LogP contribution is 2.29. The second-order valence-electron chi connectivity index (χ2n) is 4.49. The Kier molecular flexibility index (Phi) is 3.68. The third-order valence-corrected chi connectivity index (χ3v) is 3.21. The minimum absolute atomic E-state index is 0.518. The fourth-order valence-electron chi connectivity index (χ4n) is 2.20. The van der Waals surface area contributed by atoms with Crippen LogP contribution in [-0.2, 0) is 0 Å². The van der Waals surface area contributed by atoms with Crippen molar-refractivity contribution in [2.45, 2.75) is 31.3 Å². The maximum atomic E-state index is 5.21. The molecule has 0 spiro atoms. The molecule has 1 heterocycles. The van der Waals surface area contributed by atoms with Gasteiger partial charge in [0.05, 0.1) is 6.54 Å². The van der Waals surface area contributed by atoms with Crippen LogP contribution in [0.3, 0.4) is 0 Å². The molecule has 2 fully saturated rings. The zero-order valence-electron chi connectivity index (χ0n) is 9.87. The minimum atomic E-state index is 0.518. The lowest BCUT2D eigenvalue weighted by molar-refractivity contribution is 0.321. The van der Waals surface area contributed by atoms with E-state index in [2.05, 4.69) is 26.4 Å². The highest BCUT2D eigenvalue weighted by molar-refractivity contribution is 5.80. The number of hydrogen-bond acceptors (Lipinski definition) is 2. The number of terminal acetylenes is 1. The second kappa shape index (κ2) is 5.22. The zero-order valence-corrected chi connectivity index (χ0v) is 9.87. The summed E-state index contributed by atoms with van der Waals surface area (Å²) in [6.45, 7) is 2.88. The van der Waals surface area contributed by atoms with Gasteiger partial charge in [-0.2, -0.15) is 0 Å². The van der Waals surface area contributed by atoms with Crippen molar-refractivity contribution in [1.29, 1.82) is 0 Å². The van der Waals surface area contributed by atoms with Crippen molar-refractivity contribution in [1.82, 2.24) is 15.5 Å². The van der Waals surface area contributed by atoms with Crippen LogP contribution in [0.15, 0.2) is 4.99 Å². The van der Waals surface area contributed by atoms with Crippen LogP contribution in [0.2, 0.25) is 0 Å². The maximum absolute atomic E-state index is 5.21. The third-order valence-electron chi connectivity index (χ3n) is 3.21. The van der Waals surface area contributed by atoms with Crippen LogP contribution in [0.25, 0.3) is 0 Å². The molecule has 0 radical (unpaired) electrons. The number of likely N-dealkylation sites (tertiary alicyclic amines) is 1. The molecule has 1 aliphatic heterocycles. The summed E-state index contributed by atoms with van der Waals surface area (Å²) in [6.07, 6.45) is 9.18. The summed E-state index contributed by atoms with van der Waals surface area (Å²) in [5.74, 6) is 3.37. The Balaban J connectivity index is 1.74. The van der Waals surface area contributed by atoms with E-state index in [0.29, 0.717) is 12.6 Å². The summed E-state index contributed by atoms with van der Waals surface area (Å²) >= 11 is 0. The van der Waals surface area contributed by atoms with Crippen molar-refractivity contribution >= 4 is 5.96 Å². The number of nitrogens with one attached hydrogen (secondary N) is 2. The molecule has 4 heteroatoms. The van der Waals surface area contributed by atoms with E-state index < -0.39 is 0 Å². The fourth-order valence-corrected chi connectivity index (χ4v) is 2.20. The molecule has 2 aliphatic rings. The summed E-state index contributed by atoms with van der Waals surface area (Å²) in [7, 11) is 1.78. The highest BCUT2D eigenvalue weighted by atomic mass is 15.3. The predicted molar refractivity (Wildman–Crippen MR) is 66.3 cm³/mol. The summed E-state index contributed by atoms with van der Waals surface area (Å²) in [5.41, 5.74) is 0. The number of rotatable bonds is 3. The predicted octanol–water partition coefficient (Wildman–Crippen LogP) is 0.0213. The molecule has 88 valence electrons. The van der Waals surface area contributed by atoms with Gasteiger partial charge in [-0.05, 0) is 19.3 Å². The van der Waals surface area contributed by atoms with Crippen molar-refractivity contribution < 1.29 is 0 Å². The summed E-state index contributed by atoms with van der Waals surface area (Å²) in [4.78, 5) is 6.73. The number of nitrogens with zero attached hydrogens (tertiary/aromatic N) is 2. The largest absolute Gasteiger partial charge is 0.352 e. The molecule has 1 unspecified atom stereocenters. The number of guanidine groups is 1. The van der Waals surface area contributed by atoms with Gasteiger partial charge in [-0.3, -0.25) is 9.89 Å². The van der Waals surface area contributed by atoms with Gasteiger partial charge in [0, 0.05) is 32.2 Å². The molecule has 0 amide bonds. The average molecular weight is 220 g/mol. The van der Waals surface area contributed by atoms with E-state index in [1.165, 1.54) is 25.8 Å². The quantitative estimate of drug-likeness (QED) is 0.400. The van der Waals surface area contributed by atoms with Crippen LogP contribution >= 0.6 is 0 Å². The Morgan fingerprint density at radius 2 is 2.31 bits per heavy atom. The van der Waals surface area contributed by atoms with E-state index in [1.807, 2.05) is 0 Å². The molecule has 1 aliphatic carbocycles. The van der Waals surface area contributed by atoms with E-state index in [9.17, 15) is 0 Å². The Labute approximate surface area is 97.5 Å². The lowest BCUT2D eigenvalue weighted by Crippen LogP contribution is -2.44. The van der Waals surface area contributed by atoms with Crippen LogP contribution in [0.4, 0.5) is 0 Å². The van der Waals surface area contributed by atoms with Crippen LogP contribution in [-0.4, -0.2) is 49.6 Å². The number of hydrogen-bond donors (Lipinski definition) is 2. The molecule has 16 heavy (non-hydrogen) atoms. The van der Waals surface area contributed by atoms with Gasteiger partial charge in [-0.25, -0.2) is 0 Å². The summed E-state index contributed by atoms with van der Waals surface area (Å²) in [5, 5.41) is 6.50. The van der Waals surface area contributed by atoms with Crippen molar-refractivity contribution in [2.75, 3.05) is 26.7 Å². The molecule has 2 N–H and O–H groups in total. The van der Waals surface area contributed by atoms with Gasteiger partial charge < -0.3 is 10.6 Å². The van der Waals surface area contributed by atoms with Gasteiger partial charge in [-0.1, -0.05) is 5.92 Å². The highest BCUT2D eigenvalue weighted by Gasteiger charge is 2.34. The minimum Gasteiger partial charge on any atom is -0.352 e. The Morgan fingerprint density at radius 3 is 2.94 bits per heavy atom. The van der Waals surface area contributed by atoms with Gasteiger partial charge in [0.15, 0.2) is 5.96 Å². The van der Waals surface area contributed by atoms with Gasteiger partial charge in [0.2, 0.25) is 0 Å². The monoisotopic (exact) mass is 220 g/mol. The fraction of sp³-hybridized carbons (Fsp3) is 0.750. The van der Waals surface area contributed by atoms with Crippen LogP contribution in [0.1, 0.15) is 19.3 Å². The Morgan fingerprint density at radius 1 is 1.50 bits per heavy atom. The molecule has 0 aromatic carbocycles. The molecule has 2 rings (SSSR count). The van der Waals surface area contributed by atoms with E-state index >= 15 is 0 Å². The average Bonchev–Trinajstić information content (AvgIpc) is 3.05. The van der Waals surface area contributed by atoms with Crippen LogP contribution in [0.5, 0.6) is 0 Å². The Bertz CT molecular complexity index is 301. The first-order chi connectivity index (χ1) is 7.83. The standard InChI is InChI=1S/C12H20N4/c1-3-7-14-12(13-2)15-10-6-8-16(9-10)11-4-5-11/h1,10-11H,4-9H2,2H3,(H2,13,14,15). The topological polar surface area (TPSA) is 39.7 Å². The van der Waals surface area contributed by atoms with Crippen LogP contribution in [0, 0.1) is 12.3 Å². The van der Waals surface area contributed by atoms with Crippen molar-refractivity contribution in [3.05, 3.63) is 0 Å². The van der Waals surface area contributed by atoms with Crippen molar-refractivity contribution in [3.63, 3.8) is 0 Å². The summed E-state index contributed by atoms with van der Waals surface area (Å²) in [6, 6.07) is 1.39. The first-order valence-corrected chi connectivity index (χ1v) is 5.98. The van der Waals surface area contributed by atoms with Gasteiger partial charge in [0.25, 0.3) is 0 Å². The first kappa shape index (κ1) is 11.3. The molecule has 1 saturated heterocycles. The molecule has 0 aromatic rings. The Hall–Kier alpha value is -1.21. The number of aliphatic imine (C=N–C) groups is 1. The molecule has 1 saturated carbocycles. The molecule has 4 nitrogen and oxygen atoms in total. The lowest BCUT2D eigenvalue weighted by Gasteiger charge is -2.17. The molecule has 0 bridgehead atoms. The normalized spacial score (nSPS) is 26.5. The van der Waals surface area contributed by atoms with E-state index in [4.69, 9.17) is 6.42 Å². The van der Waals surface area contributed by atoms with E-state index in [1.54, 1.807) is 7.05 Å². The zero-order chi connectivity index (χ0) is 11.4. The van der Waals surface area contributed by atoms with Crippen LogP contribution < -0.4 is 10.6 Å². The molecular formula is C12H20N4. The third kappa shape index (κ3) is 2.89. The SMILES string of the molecule is C#CCNC(=NC)NC1CCN(C2CC2)C1. The second-order valence-corrected chi connectivity index (χ2v) is 4.49. The lowest BCUT2D eigenvalue weighted by atomic mass is 10.3. The van der Waals surface area contributed by atoms with Gasteiger partial charge in [-0.15, -0.1) is 6.42 Å². The molecule has 1 atom stereocenters. The maximum Gasteiger partial charge on any atom is 0.192 e. The van der Waals surface area contributed by atoms with E-state index in [-0.39, 0.29) is 0 Å². The smallest absolute Gasteiger partial charge is 0.192 e. The van der Waals surface area contributed by atoms with Crippen molar-refractivity contribution in [3.8, 4) is 12.3 Å². The van der Waals surface area contributed by atoms with Gasteiger partial charge in [0.1, 0.15) is 0 Å².